The summed E-state index contributed by atoms with van der Waals surface area (Å²) in [5.74, 6) is -1.28. The van der Waals surface area contributed by atoms with Crippen molar-refractivity contribution in [2.24, 2.45) is 5.92 Å². The largest absolute Gasteiger partial charge is 0.463 e. The number of hydrogen-bond donors (Lipinski definition) is 2. The minimum absolute atomic E-state index is 0.0160. The monoisotopic (exact) mass is 484 g/mol. The van der Waals surface area contributed by atoms with Crippen LogP contribution in [-0.4, -0.2) is 53.1 Å². The topological polar surface area (TPSA) is 95.9 Å². The fourth-order valence-electron chi connectivity index (χ4n) is 4.44. The lowest BCUT2D eigenvalue weighted by atomic mass is 9.94. The van der Waals surface area contributed by atoms with Gasteiger partial charge in [0.05, 0.1) is 18.1 Å². The molecule has 0 heterocycles. The molecule has 1 aromatic rings. The maximum atomic E-state index is 13.3. The number of aliphatic hydroxyl groups is 1. The fraction of sp³-hybridized carbons (Fsp3) is 0.536. The highest BCUT2D eigenvalue weighted by molar-refractivity contribution is 5.86. The molecule has 1 aliphatic carbocycles. The minimum atomic E-state index is -0.595. The highest BCUT2D eigenvalue weighted by atomic mass is 16.5. The SMILES string of the molecule is C=CCCCC(=O)OCC1(NC(=O)C(CC=C)CC(=O)N(CCO)Cc2ccccc2)CCCC1. The van der Waals surface area contributed by atoms with Gasteiger partial charge in [-0.2, -0.15) is 0 Å². The molecule has 1 unspecified atom stereocenters. The van der Waals surface area contributed by atoms with Gasteiger partial charge in [-0.25, -0.2) is 0 Å². The molecule has 1 aromatic carbocycles. The summed E-state index contributed by atoms with van der Waals surface area (Å²) < 4.78 is 5.52. The van der Waals surface area contributed by atoms with E-state index in [1.54, 1.807) is 17.1 Å². The van der Waals surface area contributed by atoms with Crippen molar-refractivity contribution in [3.8, 4) is 0 Å². The van der Waals surface area contributed by atoms with Gasteiger partial charge in [-0.15, -0.1) is 13.2 Å². The zero-order valence-corrected chi connectivity index (χ0v) is 20.8. The van der Waals surface area contributed by atoms with Crippen LogP contribution >= 0.6 is 0 Å². The number of ether oxygens (including phenoxy) is 1. The van der Waals surface area contributed by atoms with Crippen molar-refractivity contribution in [2.75, 3.05) is 19.8 Å². The summed E-state index contributed by atoms with van der Waals surface area (Å²) in [6, 6.07) is 9.56. The molecule has 2 amide bonds. The van der Waals surface area contributed by atoms with Crippen LogP contribution in [-0.2, 0) is 25.7 Å². The lowest BCUT2D eigenvalue weighted by Crippen LogP contribution is -2.52. The number of aliphatic hydroxyl groups excluding tert-OH is 1. The second-order valence-electron chi connectivity index (χ2n) is 9.27. The molecule has 192 valence electrons. The Balaban J connectivity index is 2.01. The average molecular weight is 485 g/mol. The van der Waals surface area contributed by atoms with Gasteiger partial charge in [0.2, 0.25) is 11.8 Å². The van der Waals surface area contributed by atoms with Crippen molar-refractivity contribution < 1.29 is 24.2 Å². The lowest BCUT2D eigenvalue weighted by molar-refractivity contribution is -0.147. The maximum Gasteiger partial charge on any atom is 0.305 e. The summed E-state index contributed by atoms with van der Waals surface area (Å²) in [6.45, 7) is 7.98. The van der Waals surface area contributed by atoms with Crippen LogP contribution in [0.25, 0.3) is 0 Å². The minimum Gasteiger partial charge on any atom is -0.463 e. The van der Waals surface area contributed by atoms with Crippen LogP contribution in [0.5, 0.6) is 0 Å². The van der Waals surface area contributed by atoms with Crippen molar-refractivity contribution in [3.63, 3.8) is 0 Å². The normalized spacial score (nSPS) is 15.1. The molecule has 2 rings (SSSR count). The van der Waals surface area contributed by atoms with E-state index in [2.05, 4.69) is 18.5 Å². The standard InChI is InChI=1S/C28H40N2O5/c1-3-5-7-15-26(33)35-22-28(16-10-11-17-28)29-27(34)24(12-4-2)20-25(32)30(18-19-31)21-23-13-8-6-9-14-23/h3-4,6,8-9,13-14,24,31H,1-2,5,7,10-12,15-22H2,(H,29,34). The Morgan fingerprint density at radius 2 is 1.86 bits per heavy atom. The van der Waals surface area contributed by atoms with E-state index < -0.39 is 11.5 Å². The van der Waals surface area contributed by atoms with Gasteiger partial charge in [0, 0.05) is 25.9 Å². The van der Waals surface area contributed by atoms with Gasteiger partial charge in [0.1, 0.15) is 6.61 Å². The smallest absolute Gasteiger partial charge is 0.305 e. The molecule has 0 aliphatic heterocycles. The van der Waals surface area contributed by atoms with Crippen molar-refractivity contribution in [2.45, 2.75) is 69.9 Å². The van der Waals surface area contributed by atoms with Crippen molar-refractivity contribution in [1.82, 2.24) is 10.2 Å². The van der Waals surface area contributed by atoms with Crippen LogP contribution in [0.1, 0.15) is 63.4 Å². The Kier molecular flexibility index (Phi) is 12.2. The number of amides is 2. The molecule has 0 aromatic heterocycles. The third-order valence-corrected chi connectivity index (χ3v) is 6.43. The quantitative estimate of drug-likeness (QED) is 0.211. The highest BCUT2D eigenvalue weighted by Gasteiger charge is 2.38. The lowest BCUT2D eigenvalue weighted by Gasteiger charge is -2.32. The Morgan fingerprint density at radius 1 is 1.14 bits per heavy atom. The van der Waals surface area contributed by atoms with Gasteiger partial charge in [-0.05, 0) is 37.7 Å². The molecule has 1 fully saturated rings. The molecular formula is C28H40N2O5. The fourth-order valence-corrected chi connectivity index (χ4v) is 4.44. The molecular weight excluding hydrogens is 444 g/mol. The predicted molar refractivity (Wildman–Crippen MR) is 136 cm³/mol. The van der Waals surface area contributed by atoms with Gasteiger partial charge in [0.15, 0.2) is 0 Å². The number of nitrogens with one attached hydrogen (secondary N) is 1. The number of allylic oxidation sites excluding steroid dienone is 2. The molecule has 1 saturated carbocycles. The first-order valence-corrected chi connectivity index (χ1v) is 12.5. The Bertz CT molecular complexity index is 833. The van der Waals surface area contributed by atoms with Crippen molar-refractivity contribution in [1.29, 1.82) is 0 Å². The van der Waals surface area contributed by atoms with E-state index in [0.717, 1.165) is 37.7 Å². The number of unbranched alkanes of at least 4 members (excludes halogenated alkanes) is 1. The van der Waals surface area contributed by atoms with Crippen LogP contribution in [0, 0.1) is 5.92 Å². The van der Waals surface area contributed by atoms with Crippen LogP contribution < -0.4 is 5.32 Å². The number of carbonyl (C=O) groups is 3. The van der Waals surface area contributed by atoms with Crippen LogP contribution in [0.15, 0.2) is 55.6 Å². The number of rotatable bonds is 16. The maximum absolute atomic E-state index is 13.3. The summed E-state index contributed by atoms with van der Waals surface area (Å²) in [4.78, 5) is 40.1. The Hall–Kier alpha value is -2.93. The molecule has 0 radical (unpaired) electrons. The zero-order valence-electron chi connectivity index (χ0n) is 20.8. The molecule has 0 bridgehead atoms. The second kappa shape index (κ2) is 15.1. The molecule has 1 aliphatic rings. The number of hydrogen-bond acceptors (Lipinski definition) is 5. The number of carbonyl (C=O) groups excluding carboxylic acids is 3. The molecule has 7 nitrogen and oxygen atoms in total. The zero-order chi connectivity index (χ0) is 25.5. The molecule has 0 spiro atoms. The third-order valence-electron chi connectivity index (χ3n) is 6.43. The number of benzene rings is 1. The van der Waals surface area contributed by atoms with Crippen LogP contribution in [0.3, 0.4) is 0 Å². The van der Waals surface area contributed by atoms with E-state index in [-0.39, 0.29) is 44.0 Å². The van der Waals surface area contributed by atoms with Crippen LogP contribution in [0.2, 0.25) is 0 Å². The van der Waals surface area contributed by atoms with E-state index >= 15 is 0 Å². The summed E-state index contributed by atoms with van der Waals surface area (Å²) in [6.07, 6.45) is 8.92. The van der Waals surface area contributed by atoms with E-state index in [4.69, 9.17) is 4.74 Å². The average Bonchev–Trinajstić information content (AvgIpc) is 3.31. The van der Waals surface area contributed by atoms with E-state index in [0.29, 0.717) is 25.8 Å². The van der Waals surface area contributed by atoms with Gasteiger partial charge >= 0.3 is 5.97 Å². The van der Waals surface area contributed by atoms with Gasteiger partial charge in [0.25, 0.3) is 0 Å². The van der Waals surface area contributed by atoms with Gasteiger partial charge in [-0.3, -0.25) is 14.4 Å². The predicted octanol–water partition coefficient (Wildman–Crippen LogP) is 3.92. The van der Waals surface area contributed by atoms with Crippen molar-refractivity contribution >= 4 is 17.8 Å². The molecule has 2 N–H and O–H groups in total. The first-order chi connectivity index (χ1) is 16.9. The Labute approximate surface area is 209 Å². The summed E-state index contributed by atoms with van der Waals surface area (Å²) in [7, 11) is 0. The Morgan fingerprint density at radius 3 is 2.49 bits per heavy atom. The third kappa shape index (κ3) is 9.68. The summed E-state index contributed by atoms with van der Waals surface area (Å²) in [5.41, 5.74) is 0.362. The molecule has 0 saturated heterocycles. The molecule has 7 heteroatoms. The van der Waals surface area contributed by atoms with E-state index in [1.807, 2.05) is 30.3 Å². The summed E-state index contributed by atoms with van der Waals surface area (Å²) in [5, 5.41) is 12.6. The first-order valence-electron chi connectivity index (χ1n) is 12.5. The second-order valence-corrected chi connectivity index (χ2v) is 9.27. The van der Waals surface area contributed by atoms with Gasteiger partial charge in [-0.1, -0.05) is 55.3 Å². The van der Waals surface area contributed by atoms with Gasteiger partial charge < -0.3 is 20.1 Å². The number of nitrogens with zero attached hydrogens (tertiary/aromatic N) is 1. The highest BCUT2D eigenvalue weighted by Crippen LogP contribution is 2.31. The van der Waals surface area contributed by atoms with E-state index in [9.17, 15) is 19.5 Å². The van der Waals surface area contributed by atoms with Crippen LogP contribution in [0.4, 0.5) is 0 Å². The molecule has 1 atom stereocenters. The first kappa shape index (κ1) is 28.3. The summed E-state index contributed by atoms with van der Waals surface area (Å²) >= 11 is 0. The van der Waals surface area contributed by atoms with Crippen molar-refractivity contribution in [3.05, 3.63) is 61.2 Å². The van der Waals surface area contributed by atoms with E-state index in [1.165, 1.54) is 0 Å². The molecule has 35 heavy (non-hydrogen) atoms. The number of esters is 1.